The molecule has 2 heterocycles. The number of hydrogen-bond donors (Lipinski definition) is 2. The number of H-pyrrole nitrogens is 1. The lowest BCUT2D eigenvalue weighted by Crippen LogP contribution is -2.12. The van der Waals surface area contributed by atoms with Crippen molar-refractivity contribution in [2.24, 2.45) is 0 Å². The Morgan fingerprint density at radius 2 is 2.07 bits per heavy atom. The van der Waals surface area contributed by atoms with Gasteiger partial charge in [-0.3, -0.25) is 4.79 Å². The van der Waals surface area contributed by atoms with Gasteiger partial charge in [-0.1, -0.05) is 47.6 Å². The van der Waals surface area contributed by atoms with Gasteiger partial charge in [0.05, 0.1) is 5.56 Å². The van der Waals surface area contributed by atoms with Gasteiger partial charge < -0.3 is 14.7 Å². The van der Waals surface area contributed by atoms with Crippen LogP contribution in [0.2, 0.25) is 5.02 Å². The molecule has 2 aromatic carbocycles. The monoisotopic (exact) mass is 398 g/mol. The summed E-state index contributed by atoms with van der Waals surface area (Å²) in [5.41, 5.74) is 2.55. The third kappa shape index (κ3) is 4.15. The maximum atomic E-state index is 12.0. The number of carbonyl (C=O) groups excluding carboxylic acids is 1. The predicted octanol–water partition coefficient (Wildman–Crippen LogP) is 4.99. The molecule has 4 rings (SSSR count). The summed E-state index contributed by atoms with van der Waals surface area (Å²) in [5.74, 6) is 0.890. The Bertz CT molecular complexity index is 1090. The van der Waals surface area contributed by atoms with E-state index in [9.17, 15) is 4.79 Å². The second-order valence-corrected chi connectivity index (χ2v) is 7.26. The number of thioether (sulfide) groups is 1. The fourth-order valence-electron chi connectivity index (χ4n) is 2.65. The quantitative estimate of drug-likeness (QED) is 0.447. The summed E-state index contributed by atoms with van der Waals surface area (Å²) in [6, 6.07) is 15.0. The van der Waals surface area contributed by atoms with E-state index < -0.39 is 0 Å². The van der Waals surface area contributed by atoms with Gasteiger partial charge in [0, 0.05) is 40.0 Å². The van der Waals surface area contributed by atoms with Crippen LogP contribution >= 0.6 is 23.4 Å². The molecule has 8 heteroatoms. The SMILES string of the molecule is O=C(CCSc1nnc(-c2c[nH]c3ccccc23)o1)Nc1cccc(Cl)c1. The summed E-state index contributed by atoms with van der Waals surface area (Å²) in [6.45, 7) is 0. The average molecular weight is 399 g/mol. The first-order valence-corrected chi connectivity index (χ1v) is 9.63. The molecule has 1 amide bonds. The van der Waals surface area contributed by atoms with Crippen LogP contribution in [0.4, 0.5) is 5.69 Å². The summed E-state index contributed by atoms with van der Waals surface area (Å²) < 4.78 is 5.72. The second-order valence-electron chi connectivity index (χ2n) is 5.78. The highest BCUT2D eigenvalue weighted by atomic mass is 35.5. The van der Waals surface area contributed by atoms with Gasteiger partial charge in [0.15, 0.2) is 0 Å². The minimum atomic E-state index is -0.0962. The lowest BCUT2D eigenvalue weighted by Gasteiger charge is -2.04. The van der Waals surface area contributed by atoms with Crippen molar-refractivity contribution in [1.82, 2.24) is 15.2 Å². The van der Waals surface area contributed by atoms with Crippen molar-refractivity contribution in [2.45, 2.75) is 11.6 Å². The van der Waals surface area contributed by atoms with Gasteiger partial charge in [-0.25, -0.2) is 0 Å². The molecule has 4 aromatic rings. The molecule has 0 aliphatic carbocycles. The molecule has 2 N–H and O–H groups in total. The number of anilines is 1. The number of rotatable bonds is 6. The van der Waals surface area contributed by atoms with E-state index in [-0.39, 0.29) is 5.91 Å². The highest BCUT2D eigenvalue weighted by Crippen LogP contribution is 2.29. The van der Waals surface area contributed by atoms with E-state index in [2.05, 4.69) is 20.5 Å². The molecule has 27 heavy (non-hydrogen) atoms. The van der Waals surface area contributed by atoms with Crippen LogP contribution in [0.25, 0.3) is 22.4 Å². The summed E-state index contributed by atoms with van der Waals surface area (Å²) in [4.78, 5) is 15.2. The number of nitrogens with one attached hydrogen (secondary N) is 2. The van der Waals surface area contributed by atoms with Gasteiger partial charge in [-0.2, -0.15) is 0 Å². The maximum absolute atomic E-state index is 12.0. The molecule has 0 saturated carbocycles. The van der Waals surface area contributed by atoms with E-state index in [0.717, 1.165) is 16.5 Å². The van der Waals surface area contributed by atoms with E-state index in [0.29, 0.717) is 34.0 Å². The molecule has 2 aromatic heterocycles. The van der Waals surface area contributed by atoms with Gasteiger partial charge in [-0.05, 0) is 24.3 Å². The number of benzene rings is 2. The Morgan fingerprint density at radius 1 is 1.19 bits per heavy atom. The molecular formula is C19H15ClN4O2S. The van der Waals surface area contributed by atoms with Crippen LogP contribution in [-0.2, 0) is 4.79 Å². The Hall–Kier alpha value is -2.77. The Labute approximate surface area is 164 Å². The first-order valence-electron chi connectivity index (χ1n) is 8.27. The zero-order chi connectivity index (χ0) is 18.6. The molecule has 0 spiro atoms. The third-order valence-corrected chi connectivity index (χ3v) is 4.94. The number of amides is 1. The smallest absolute Gasteiger partial charge is 0.276 e. The first-order chi connectivity index (χ1) is 13.2. The number of nitrogens with zero attached hydrogens (tertiary/aromatic N) is 2. The summed E-state index contributed by atoms with van der Waals surface area (Å²) >= 11 is 7.26. The molecule has 0 bridgehead atoms. The van der Waals surface area contributed by atoms with Crippen LogP contribution in [0.5, 0.6) is 0 Å². The number of fused-ring (bicyclic) bond motifs is 1. The molecular weight excluding hydrogens is 384 g/mol. The number of aromatic nitrogens is 3. The van der Waals surface area contributed by atoms with E-state index in [1.54, 1.807) is 24.3 Å². The minimum Gasteiger partial charge on any atom is -0.411 e. The van der Waals surface area contributed by atoms with E-state index >= 15 is 0 Å². The topological polar surface area (TPSA) is 83.8 Å². The van der Waals surface area contributed by atoms with E-state index in [4.69, 9.17) is 16.0 Å². The number of hydrogen-bond acceptors (Lipinski definition) is 5. The summed E-state index contributed by atoms with van der Waals surface area (Å²) in [5, 5.41) is 13.0. The number of aromatic amines is 1. The van der Waals surface area contributed by atoms with Crippen molar-refractivity contribution in [2.75, 3.05) is 11.1 Å². The lowest BCUT2D eigenvalue weighted by atomic mass is 10.2. The zero-order valence-electron chi connectivity index (χ0n) is 14.1. The average Bonchev–Trinajstić information content (AvgIpc) is 3.28. The van der Waals surface area contributed by atoms with Crippen molar-refractivity contribution in [3.05, 3.63) is 59.8 Å². The fraction of sp³-hybridized carbons (Fsp3) is 0.105. The Kier molecular flexibility index (Phi) is 5.13. The predicted molar refractivity (Wildman–Crippen MR) is 107 cm³/mol. The van der Waals surface area contributed by atoms with Crippen molar-refractivity contribution < 1.29 is 9.21 Å². The van der Waals surface area contributed by atoms with Crippen LogP contribution < -0.4 is 5.32 Å². The van der Waals surface area contributed by atoms with Crippen molar-refractivity contribution >= 4 is 45.9 Å². The molecule has 136 valence electrons. The fourth-order valence-corrected chi connectivity index (χ4v) is 3.53. The Morgan fingerprint density at radius 3 is 2.96 bits per heavy atom. The van der Waals surface area contributed by atoms with Crippen molar-refractivity contribution in [1.29, 1.82) is 0 Å². The molecule has 0 aliphatic heterocycles. The van der Waals surface area contributed by atoms with Crippen LogP contribution in [0, 0.1) is 0 Å². The van der Waals surface area contributed by atoms with E-state index in [1.165, 1.54) is 11.8 Å². The second kappa shape index (κ2) is 7.85. The van der Waals surface area contributed by atoms with Crippen LogP contribution in [0.3, 0.4) is 0 Å². The number of carbonyl (C=O) groups is 1. The molecule has 6 nitrogen and oxygen atoms in total. The number of para-hydroxylation sites is 1. The highest BCUT2D eigenvalue weighted by molar-refractivity contribution is 7.99. The minimum absolute atomic E-state index is 0.0962. The molecule has 0 atom stereocenters. The zero-order valence-corrected chi connectivity index (χ0v) is 15.7. The van der Waals surface area contributed by atoms with Gasteiger partial charge in [0.1, 0.15) is 0 Å². The number of halogens is 1. The van der Waals surface area contributed by atoms with Gasteiger partial charge in [0.25, 0.3) is 11.1 Å². The lowest BCUT2D eigenvalue weighted by molar-refractivity contribution is -0.115. The molecule has 0 saturated heterocycles. The maximum Gasteiger partial charge on any atom is 0.276 e. The van der Waals surface area contributed by atoms with Crippen LogP contribution in [-0.4, -0.2) is 26.8 Å². The largest absolute Gasteiger partial charge is 0.411 e. The molecule has 0 aliphatic rings. The summed E-state index contributed by atoms with van der Waals surface area (Å²) in [7, 11) is 0. The third-order valence-electron chi connectivity index (χ3n) is 3.89. The van der Waals surface area contributed by atoms with Crippen molar-refractivity contribution in [3.8, 4) is 11.5 Å². The van der Waals surface area contributed by atoms with Gasteiger partial charge in [-0.15, -0.1) is 10.2 Å². The van der Waals surface area contributed by atoms with Crippen molar-refractivity contribution in [3.63, 3.8) is 0 Å². The first kappa shape index (κ1) is 17.6. The molecule has 0 radical (unpaired) electrons. The van der Waals surface area contributed by atoms with Gasteiger partial charge in [0.2, 0.25) is 5.91 Å². The molecule has 0 fully saturated rings. The van der Waals surface area contributed by atoms with Gasteiger partial charge >= 0.3 is 0 Å². The molecule has 0 unspecified atom stereocenters. The normalized spacial score (nSPS) is 11.0. The Balaban J connectivity index is 1.34. The van der Waals surface area contributed by atoms with E-state index in [1.807, 2.05) is 30.5 Å². The van der Waals surface area contributed by atoms with Crippen LogP contribution in [0.15, 0.2) is 64.4 Å². The van der Waals surface area contributed by atoms with Crippen LogP contribution in [0.1, 0.15) is 6.42 Å². The summed E-state index contributed by atoms with van der Waals surface area (Å²) in [6.07, 6.45) is 2.17. The highest BCUT2D eigenvalue weighted by Gasteiger charge is 2.14. The standard InChI is InChI=1S/C19H15ClN4O2S/c20-12-4-3-5-13(10-12)22-17(25)8-9-27-19-24-23-18(26-19)15-11-21-16-7-2-1-6-14(15)16/h1-7,10-11,21H,8-9H2,(H,22,25).